The molecule has 150 valence electrons. The Morgan fingerprint density at radius 3 is 2.62 bits per heavy atom. The highest BCUT2D eigenvalue weighted by molar-refractivity contribution is 5.78. The van der Waals surface area contributed by atoms with Gasteiger partial charge >= 0.3 is 0 Å². The fourth-order valence-corrected chi connectivity index (χ4v) is 4.14. The third kappa shape index (κ3) is 3.86. The Balaban J connectivity index is 1.47. The van der Waals surface area contributed by atoms with Gasteiger partial charge in [-0.2, -0.15) is 5.26 Å². The molecule has 29 heavy (non-hydrogen) atoms. The van der Waals surface area contributed by atoms with Gasteiger partial charge in [-0.15, -0.1) is 0 Å². The molecule has 6 heteroatoms. The highest BCUT2D eigenvalue weighted by atomic mass is 16.6. The van der Waals surface area contributed by atoms with Crippen LogP contribution in [0, 0.1) is 25.2 Å². The minimum atomic E-state index is -0.0365. The summed E-state index contributed by atoms with van der Waals surface area (Å²) in [7, 11) is 0. The second kappa shape index (κ2) is 8.04. The van der Waals surface area contributed by atoms with Crippen molar-refractivity contribution in [2.45, 2.75) is 32.7 Å². The monoisotopic (exact) mass is 392 g/mol. The Hall–Kier alpha value is -3.20. The van der Waals surface area contributed by atoms with Gasteiger partial charge in [0, 0.05) is 6.54 Å². The summed E-state index contributed by atoms with van der Waals surface area (Å²) in [5, 5.41) is 9.08. The molecule has 0 N–H and O–H groups in total. The summed E-state index contributed by atoms with van der Waals surface area (Å²) in [6.07, 6.45) is 1.88. The summed E-state index contributed by atoms with van der Waals surface area (Å²) >= 11 is 0. The molecule has 1 unspecified atom stereocenters. The van der Waals surface area contributed by atoms with E-state index in [-0.39, 0.29) is 18.6 Å². The first kappa shape index (κ1) is 19.1. The molecule has 6 nitrogen and oxygen atoms in total. The number of hydrogen-bond donors (Lipinski definition) is 0. The molecule has 0 bridgehead atoms. The van der Waals surface area contributed by atoms with Crippen molar-refractivity contribution in [2.75, 3.05) is 26.4 Å². The second-order valence-corrected chi connectivity index (χ2v) is 7.49. The molecule has 1 fully saturated rings. The Morgan fingerprint density at radius 1 is 1.17 bits per heavy atom. The molecule has 1 saturated heterocycles. The maximum absolute atomic E-state index is 12.9. The van der Waals surface area contributed by atoms with Crippen molar-refractivity contribution in [3.05, 3.63) is 52.6 Å². The summed E-state index contributed by atoms with van der Waals surface area (Å²) in [5.41, 5.74) is 3.38. The quantitative estimate of drug-likeness (QED) is 0.794. The molecule has 0 radical (unpaired) electrons. The summed E-state index contributed by atoms with van der Waals surface area (Å²) < 4.78 is 17.2. The maximum Gasteiger partial charge on any atom is 0.261 e. The van der Waals surface area contributed by atoms with E-state index < -0.39 is 0 Å². The van der Waals surface area contributed by atoms with Crippen molar-refractivity contribution in [3.63, 3.8) is 0 Å². The molecule has 0 aromatic heterocycles. The number of rotatable bonds is 4. The first-order valence-corrected chi connectivity index (χ1v) is 9.90. The van der Waals surface area contributed by atoms with Gasteiger partial charge in [0.25, 0.3) is 5.91 Å². The summed E-state index contributed by atoms with van der Waals surface area (Å²) in [6.45, 7) is 5.58. The molecular formula is C23H24N2O4. The number of amides is 1. The van der Waals surface area contributed by atoms with Gasteiger partial charge < -0.3 is 19.1 Å². The number of nitrogens with zero attached hydrogens (tertiary/aromatic N) is 2. The van der Waals surface area contributed by atoms with Crippen molar-refractivity contribution in [1.82, 2.24) is 4.90 Å². The van der Waals surface area contributed by atoms with Crippen LogP contribution >= 0.6 is 0 Å². The third-order valence-corrected chi connectivity index (χ3v) is 5.45. The average molecular weight is 392 g/mol. The lowest BCUT2D eigenvalue weighted by Gasteiger charge is -2.27. The molecule has 2 heterocycles. The summed E-state index contributed by atoms with van der Waals surface area (Å²) in [5.74, 6) is 2.14. The number of nitriles is 1. The van der Waals surface area contributed by atoms with Crippen LogP contribution in [0.1, 0.15) is 41.1 Å². The number of fused-ring (bicyclic) bond motifs is 1. The Morgan fingerprint density at radius 2 is 1.90 bits per heavy atom. The van der Waals surface area contributed by atoms with Crippen molar-refractivity contribution in [3.8, 4) is 23.3 Å². The van der Waals surface area contributed by atoms with E-state index in [4.69, 9.17) is 19.5 Å². The van der Waals surface area contributed by atoms with Crippen LogP contribution < -0.4 is 14.2 Å². The van der Waals surface area contributed by atoms with Gasteiger partial charge in [0.05, 0.1) is 17.7 Å². The maximum atomic E-state index is 12.9. The molecule has 0 aliphatic carbocycles. The predicted octanol–water partition coefficient (Wildman–Crippen LogP) is 3.69. The first-order chi connectivity index (χ1) is 14.1. The smallest absolute Gasteiger partial charge is 0.261 e. The van der Waals surface area contributed by atoms with Gasteiger partial charge in [0.15, 0.2) is 18.1 Å². The lowest BCUT2D eigenvalue weighted by Crippen LogP contribution is -2.34. The third-order valence-electron chi connectivity index (χ3n) is 5.45. The summed E-state index contributed by atoms with van der Waals surface area (Å²) in [4.78, 5) is 14.8. The van der Waals surface area contributed by atoms with Crippen molar-refractivity contribution >= 4 is 5.91 Å². The molecule has 2 aliphatic rings. The van der Waals surface area contributed by atoms with Gasteiger partial charge in [-0.25, -0.2) is 0 Å². The number of carbonyl (C=O) groups is 1. The van der Waals surface area contributed by atoms with Crippen LogP contribution in [0.4, 0.5) is 0 Å². The molecule has 2 aromatic rings. The van der Waals surface area contributed by atoms with Gasteiger partial charge in [-0.1, -0.05) is 6.07 Å². The normalized spacial score (nSPS) is 17.7. The zero-order chi connectivity index (χ0) is 20.4. The van der Waals surface area contributed by atoms with Crippen LogP contribution in [0.5, 0.6) is 17.2 Å². The van der Waals surface area contributed by atoms with Crippen molar-refractivity contribution in [2.24, 2.45) is 0 Å². The number of carbonyl (C=O) groups excluding carboxylic acids is 1. The van der Waals surface area contributed by atoms with E-state index >= 15 is 0 Å². The lowest BCUT2D eigenvalue weighted by molar-refractivity contribution is -0.134. The lowest BCUT2D eigenvalue weighted by atomic mass is 10.0. The molecule has 2 aromatic carbocycles. The van der Waals surface area contributed by atoms with Crippen LogP contribution in [0.3, 0.4) is 0 Å². The van der Waals surface area contributed by atoms with E-state index in [1.165, 1.54) is 0 Å². The molecule has 0 spiro atoms. The van der Waals surface area contributed by atoms with Crippen LogP contribution in [0.25, 0.3) is 0 Å². The minimum absolute atomic E-state index is 0.0186. The highest BCUT2D eigenvalue weighted by Crippen LogP contribution is 2.38. The van der Waals surface area contributed by atoms with E-state index in [1.807, 2.05) is 36.9 Å². The zero-order valence-electron chi connectivity index (χ0n) is 16.7. The fourth-order valence-electron chi connectivity index (χ4n) is 4.14. The van der Waals surface area contributed by atoms with Crippen molar-refractivity contribution in [1.29, 1.82) is 5.26 Å². The number of ether oxygens (including phenoxy) is 3. The average Bonchev–Trinajstić information content (AvgIpc) is 3.22. The van der Waals surface area contributed by atoms with E-state index in [1.54, 1.807) is 12.1 Å². The molecule has 4 rings (SSSR count). The SMILES string of the molecule is Cc1cc(C#N)cc(C)c1OCC(=O)N1CCCC1c1ccc2c(c1)OCCO2. The molecule has 1 amide bonds. The minimum Gasteiger partial charge on any atom is -0.486 e. The topological polar surface area (TPSA) is 71.8 Å². The molecule has 1 atom stereocenters. The van der Waals surface area contributed by atoms with Crippen LogP contribution in [-0.2, 0) is 4.79 Å². The Bertz CT molecular complexity index is 956. The molecule has 2 aliphatic heterocycles. The van der Waals surface area contributed by atoms with Crippen LogP contribution in [0.15, 0.2) is 30.3 Å². The van der Waals surface area contributed by atoms with Crippen LogP contribution in [-0.4, -0.2) is 37.2 Å². The van der Waals surface area contributed by atoms with Gasteiger partial charge in [-0.3, -0.25) is 4.79 Å². The number of benzene rings is 2. The van der Waals surface area contributed by atoms with Crippen molar-refractivity contribution < 1.29 is 19.0 Å². The van der Waals surface area contributed by atoms with Gasteiger partial charge in [0.2, 0.25) is 0 Å². The number of hydrogen-bond acceptors (Lipinski definition) is 5. The van der Waals surface area contributed by atoms with Gasteiger partial charge in [0.1, 0.15) is 19.0 Å². The van der Waals surface area contributed by atoms with E-state index in [9.17, 15) is 4.79 Å². The fraction of sp³-hybridized carbons (Fsp3) is 0.391. The predicted molar refractivity (Wildman–Crippen MR) is 107 cm³/mol. The van der Waals surface area contributed by atoms with E-state index in [0.29, 0.717) is 31.1 Å². The number of aryl methyl sites for hydroxylation is 2. The van der Waals surface area contributed by atoms with Gasteiger partial charge in [-0.05, 0) is 67.6 Å². The second-order valence-electron chi connectivity index (χ2n) is 7.49. The Kier molecular flexibility index (Phi) is 5.30. The Labute approximate surface area is 170 Å². The standard InChI is InChI=1S/C23H24N2O4/c1-15-10-17(13-24)11-16(2)23(15)29-14-22(26)25-7-3-4-19(25)18-5-6-20-21(12-18)28-9-8-27-20/h5-6,10-12,19H,3-4,7-9,14H2,1-2H3. The molecule has 0 saturated carbocycles. The summed E-state index contributed by atoms with van der Waals surface area (Å²) in [6, 6.07) is 11.6. The highest BCUT2D eigenvalue weighted by Gasteiger charge is 2.31. The first-order valence-electron chi connectivity index (χ1n) is 9.90. The van der Waals surface area contributed by atoms with E-state index in [2.05, 4.69) is 6.07 Å². The van der Waals surface area contributed by atoms with E-state index in [0.717, 1.165) is 41.0 Å². The number of likely N-dealkylation sites (tertiary alicyclic amines) is 1. The zero-order valence-corrected chi connectivity index (χ0v) is 16.7. The molecular weight excluding hydrogens is 368 g/mol. The van der Waals surface area contributed by atoms with Crippen LogP contribution in [0.2, 0.25) is 0 Å². The largest absolute Gasteiger partial charge is 0.486 e.